The number of nitrogens with zero attached hydrogens (tertiary/aromatic N) is 1. The van der Waals surface area contributed by atoms with E-state index in [2.05, 4.69) is 48.7 Å². The van der Waals surface area contributed by atoms with Gasteiger partial charge in [-0.3, -0.25) is 5.10 Å². The number of nitrogens with one attached hydrogen (secondary N) is 1. The Morgan fingerprint density at radius 3 is 2.80 bits per heavy atom. The van der Waals surface area contributed by atoms with Gasteiger partial charge in [0.05, 0.1) is 0 Å². The van der Waals surface area contributed by atoms with Gasteiger partial charge >= 0.3 is 0 Å². The zero-order valence-corrected chi connectivity index (χ0v) is 11.1. The normalized spacial score (nSPS) is 10.6. The molecule has 1 aromatic heterocycles. The minimum atomic E-state index is -0.516. The molecule has 0 bridgehead atoms. The number of aromatic amines is 1. The van der Waals surface area contributed by atoms with Crippen molar-refractivity contribution in [3.05, 3.63) is 32.1 Å². The summed E-state index contributed by atoms with van der Waals surface area (Å²) in [5.74, 6) is -0.631. The molecule has 3 N–H and O–H groups in total. The van der Waals surface area contributed by atoms with Crippen LogP contribution in [0.25, 0.3) is 11.3 Å². The average Bonchev–Trinajstić information content (AvgIpc) is 2.52. The second kappa shape index (κ2) is 4.09. The lowest BCUT2D eigenvalue weighted by Crippen LogP contribution is -1.88. The van der Waals surface area contributed by atoms with Gasteiger partial charge in [0, 0.05) is 13.6 Å². The molecule has 1 heterocycles. The highest BCUT2D eigenvalue weighted by atomic mass is 127. The highest BCUT2D eigenvalue weighted by Gasteiger charge is 2.14. The van der Waals surface area contributed by atoms with Crippen LogP contribution in [-0.2, 0) is 0 Å². The van der Waals surface area contributed by atoms with Gasteiger partial charge in [-0.15, -0.1) is 0 Å². The van der Waals surface area contributed by atoms with Gasteiger partial charge in [0.2, 0.25) is 0 Å². The minimum Gasteiger partial charge on any atom is -0.380 e. The Hall–Kier alpha value is -0.630. The summed E-state index contributed by atoms with van der Waals surface area (Å²) in [5.41, 5.74) is 6.35. The summed E-state index contributed by atoms with van der Waals surface area (Å²) in [6.07, 6.45) is 0. The number of nitrogen functional groups attached to an aromatic ring is 1. The Morgan fingerprint density at radius 1 is 1.47 bits per heavy atom. The van der Waals surface area contributed by atoms with E-state index < -0.39 is 5.82 Å². The fraction of sp³-hybridized carbons (Fsp3) is 0. The molecule has 0 aliphatic rings. The first-order valence-corrected chi connectivity index (χ1v) is 5.91. The second-order valence-corrected chi connectivity index (χ2v) is 5.02. The van der Waals surface area contributed by atoms with E-state index in [9.17, 15) is 4.39 Å². The Labute approximate surface area is 108 Å². The summed E-state index contributed by atoms with van der Waals surface area (Å²) < 4.78 is 15.3. The van der Waals surface area contributed by atoms with Crippen LogP contribution in [0, 0.1) is 9.39 Å². The van der Waals surface area contributed by atoms with E-state index in [-0.39, 0.29) is 5.82 Å². The quantitative estimate of drug-likeness (QED) is 0.745. The molecule has 0 fully saturated rings. The van der Waals surface area contributed by atoms with E-state index >= 15 is 0 Å². The third-order valence-electron chi connectivity index (χ3n) is 1.93. The van der Waals surface area contributed by atoms with Crippen molar-refractivity contribution in [2.45, 2.75) is 0 Å². The Bertz CT molecular complexity index is 512. The number of rotatable bonds is 1. The first kappa shape index (κ1) is 10.9. The van der Waals surface area contributed by atoms with E-state index in [0.717, 1.165) is 8.04 Å². The van der Waals surface area contributed by atoms with Crippen molar-refractivity contribution in [3.8, 4) is 11.3 Å². The van der Waals surface area contributed by atoms with Crippen LogP contribution in [0.3, 0.4) is 0 Å². The number of halogens is 3. The largest absolute Gasteiger partial charge is 0.380 e. The number of nitrogens with two attached hydrogens (primary N) is 1. The van der Waals surface area contributed by atoms with Crippen LogP contribution in [-0.4, -0.2) is 10.2 Å². The van der Waals surface area contributed by atoms with Gasteiger partial charge in [0.25, 0.3) is 0 Å². The molecule has 0 amide bonds. The molecule has 78 valence electrons. The molecule has 0 aliphatic heterocycles. The van der Waals surface area contributed by atoms with Crippen LogP contribution in [0.1, 0.15) is 0 Å². The highest BCUT2D eigenvalue weighted by Crippen LogP contribution is 2.31. The van der Waals surface area contributed by atoms with E-state index in [4.69, 9.17) is 5.73 Å². The Morgan fingerprint density at radius 2 is 2.20 bits per heavy atom. The topological polar surface area (TPSA) is 54.7 Å². The second-order valence-electron chi connectivity index (χ2n) is 2.92. The van der Waals surface area contributed by atoms with Gasteiger partial charge in [0.15, 0.2) is 11.6 Å². The maximum absolute atomic E-state index is 13.5. The van der Waals surface area contributed by atoms with Gasteiger partial charge in [-0.1, -0.05) is 15.9 Å². The van der Waals surface area contributed by atoms with Gasteiger partial charge in [-0.05, 0) is 40.8 Å². The number of benzene rings is 1. The molecule has 2 rings (SSSR count). The molecule has 3 nitrogen and oxygen atoms in total. The number of anilines is 1. The molecule has 0 aliphatic carbocycles. The maximum atomic E-state index is 13.5. The standard InChI is InChI=1S/C9H6BrFIN3/c10-6-2-1-4(12)3-5(6)8-7(11)9(13)15-14-8/h1-3H,(H3,13,14,15). The molecule has 0 spiro atoms. The van der Waals surface area contributed by atoms with Gasteiger partial charge in [-0.2, -0.15) is 5.10 Å². The van der Waals surface area contributed by atoms with Gasteiger partial charge in [0.1, 0.15) is 5.69 Å². The van der Waals surface area contributed by atoms with E-state index in [1.807, 2.05) is 18.2 Å². The molecular formula is C9H6BrFIN3. The van der Waals surface area contributed by atoms with Crippen molar-refractivity contribution in [1.82, 2.24) is 10.2 Å². The number of H-pyrrole nitrogens is 1. The lowest BCUT2D eigenvalue weighted by Gasteiger charge is -2.02. The van der Waals surface area contributed by atoms with Crippen molar-refractivity contribution in [1.29, 1.82) is 0 Å². The maximum Gasteiger partial charge on any atom is 0.192 e. The van der Waals surface area contributed by atoms with E-state index in [0.29, 0.717) is 11.3 Å². The third kappa shape index (κ3) is 2.00. The fourth-order valence-corrected chi connectivity index (χ4v) is 2.15. The number of aromatic nitrogens is 2. The summed E-state index contributed by atoms with van der Waals surface area (Å²) in [6, 6.07) is 5.63. The van der Waals surface area contributed by atoms with Crippen molar-refractivity contribution in [3.63, 3.8) is 0 Å². The summed E-state index contributed by atoms with van der Waals surface area (Å²) in [7, 11) is 0. The first-order chi connectivity index (χ1) is 7.09. The minimum absolute atomic E-state index is 0.115. The molecule has 0 saturated heterocycles. The summed E-state index contributed by atoms with van der Waals surface area (Å²) in [4.78, 5) is 0. The lowest BCUT2D eigenvalue weighted by atomic mass is 10.1. The van der Waals surface area contributed by atoms with Crippen LogP contribution >= 0.6 is 38.5 Å². The SMILES string of the molecule is Nc1n[nH]c(-c2cc(I)ccc2Br)c1F. The number of hydrogen-bond donors (Lipinski definition) is 2. The molecular weight excluding hydrogens is 376 g/mol. The molecule has 0 unspecified atom stereocenters. The van der Waals surface area contributed by atoms with Crippen molar-refractivity contribution in [2.75, 3.05) is 5.73 Å². The van der Waals surface area contributed by atoms with Crippen LogP contribution in [0.2, 0.25) is 0 Å². The predicted molar refractivity (Wildman–Crippen MR) is 68.8 cm³/mol. The van der Waals surface area contributed by atoms with Crippen LogP contribution in [0.5, 0.6) is 0 Å². The summed E-state index contributed by atoms with van der Waals surface area (Å²) in [5, 5.41) is 6.19. The van der Waals surface area contributed by atoms with Crippen LogP contribution in [0.15, 0.2) is 22.7 Å². The first-order valence-electron chi connectivity index (χ1n) is 4.04. The van der Waals surface area contributed by atoms with Crippen molar-refractivity contribution < 1.29 is 4.39 Å². The monoisotopic (exact) mass is 381 g/mol. The molecule has 0 radical (unpaired) electrons. The predicted octanol–water partition coefficient (Wildman–Crippen LogP) is 3.17. The van der Waals surface area contributed by atoms with Crippen LogP contribution < -0.4 is 5.73 Å². The third-order valence-corrected chi connectivity index (χ3v) is 3.29. The van der Waals surface area contributed by atoms with Gasteiger partial charge < -0.3 is 5.73 Å². The zero-order chi connectivity index (χ0) is 11.0. The van der Waals surface area contributed by atoms with Gasteiger partial charge in [-0.25, -0.2) is 4.39 Å². The van der Waals surface area contributed by atoms with Crippen molar-refractivity contribution >= 4 is 44.3 Å². The molecule has 0 saturated carbocycles. The Balaban J connectivity index is 2.63. The molecule has 6 heteroatoms. The number of hydrogen-bond acceptors (Lipinski definition) is 2. The Kier molecular flexibility index (Phi) is 2.96. The van der Waals surface area contributed by atoms with Crippen molar-refractivity contribution in [2.24, 2.45) is 0 Å². The molecule has 2 aromatic rings. The lowest BCUT2D eigenvalue weighted by molar-refractivity contribution is 0.636. The summed E-state index contributed by atoms with van der Waals surface area (Å²) in [6.45, 7) is 0. The molecule has 1 aromatic carbocycles. The molecule has 15 heavy (non-hydrogen) atoms. The fourth-order valence-electron chi connectivity index (χ4n) is 1.21. The average molecular weight is 382 g/mol. The molecule has 0 atom stereocenters. The summed E-state index contributed by atoms with van der Waals surface area (Å²) >= 11 is 5.51. The smallest absolute Gasteiger partial charge is 0.192 e. The highest BCUT2D eigenvalue weighted by molar-refractivity contribution is 14.1. The van der Waals surface area contributed by atoms with E-state index in [1.165, 1.54) is 0 Å². The van der Waals surface area contributed by atoms with Crippen LogP contribution in [0.4, 0.5) is 10.2 Å². The zero-order valence-electron chi connectivity index (χ0n) is 7.39. The van der Waals surface area contributed by atoms with E-state index in [1.54, 1.807) is 0 Å².